The van der Waals surface area contributed by atoms with E-state index in [2.05, 4.69) is 15.5 Å². The minimum absolute atomic E-state index is 0.127. The molecule has 2 aromatic carbocycles. The quantitative estimate of drug-likeness (QED) is 0.420. The summed E-state index contributed by atoms with van der Waals surface area (Å²) in [6.45, 7) is 1.69. The SMILES string of the molecule is COC(=O)c1cccc(NC(=O)C(C)n2c(N)nnc2SCc2ccccc2Cl)c1. The molecule has 0 spiro atoms. The number of rotatable bonds is 7. The van der Waals surface area contributed by atoms with Gasteiger partial charge in [0.05, 0.1) is 12.7 Å². The molecule has 0 aliphatic carbocycles. The highest BCUT2D eigenvalue weighted by molar-refractivity contribution is 7.98. The van der Waals surface area contributed by atoms with Crippen molar-refractivity contribution < 1.29 is 14.3 Å². The molecule has 156 valence electrons. The van der Waals surface area contributed by atoms with E-state index in [1.807, 2.05) is 24.3 Å². The number of methoxy groups -OCH3 is 1. The fourth-order valence-electron chi connectivity index (χ4n) is 2.71. The van der Waals surface area contributed by atoms with E-state index in [9.17, 15) is 9.59 Å². The zero-order valence-electron chi connectivity index (χ0n) is 16.3. The summed E-state index contributed by atoms with van der Waals surface area (Å²) in [6, 6.07) is 13.3. The third-order valence-corrected chi connectivity index (χ3v) is 5.68. The van der Waals surface area contributed by atoms with Crippen molar-refractivity contribution >= 4 is 46.9 Å². The van der Waals surface area contributed by atoms with Gasteiger partial charge < -0.3 is 15.8 Å². The van der Waals surface area contributed by atoms with Crippen molar-refractivity contribution in [2.75, 3.05) is 18.2 Å². The summed E-state index contributed by atoms with van der Waals surface area (Å²) in [4.78, 5) is 24.5. The molecule has 0 radical (unpaired) electrons. The first-order chi connectivity index (χ1) is 14.4. The Morgan fingerprint density at radius 3 is 2.73 bits per heavy atom. The number of anilines is 2. The van der Waals surface area contributed by atoms with Gasteiger partial charge in [-0.2, -0.15) is 0 Å². The van der Waals surface area contributed by atoms with Gasteiger partial charge in [0.2, 0.25) is 11.9 Å². The molecule has 8 nitrogen and oxygen atoms in total. The zero-order valence-corrected chi connectivity index (χ0v) is 17.9. The van der Waals surface area contributed by atoms with E-state index in [-0.39, 0.29) is 11.9 Å². The van der Waals surface area contributed by atoms with Crippen LogP contribution >= 0.6 is 23.4 Å². The van der Waals surface area contributed by atoms with E-state index < -0.39 is 12.0 Å². The lowest BCUT2D eigenvalue weighted by atomic mass is 10.2. The molecule has 1 amide bonds. The fourth-order valence-corrected chi connectivity index (χ4v) is 4.02. The van der Waals surface area contributed by atoms with Crippen molar-refractivity contribution in [1.29, 1.82) is 0 Å². The highest BCUT2D eigenvalue weighted by atomic mass is 35.5. The Balaban J connectivity index is 1.74. The van der Waals surface area contributed by atoms with Gasteiger partial charge in [0.25, 0.3) is 0 Å². The summed E-state index contributed by atoms with van der Waals surface area (Å²) in [6.07, 6.45) is 0. The molecule has 3 rings (SSSR count). The predicted molar refractivity (Wildman–Crippen MR) is 117 cm³/mol. The number of ether oxygens (including phenoxy) is 1. The normalized spacial score (nSPS) is 11.7. The average molecular weight is 446 g/mol. The second kappa shape index (κ2) is 9.64. The van der Waals surface area contributed by atoms with Crippen LogP contribution in [0.1, 0.15) is 28.9 Å². The van der Waals surface area contributed by atoms with Gasteiger partial charge in [-0.05, 0) is 36.8 Å². The molecular weight excluding hydrogens is 426 g/mol. The molecule has 1 unspecified atom stereocenters. The number of nitrogens with two attached hydrogens (primary N) is 1. The second-order valence-corrected chi connectivity index (χ2v) is 7.68. The van der Waals surface area contributed by atoms with Crippen molar-refractivity contribution in [2.24, 2.45) is 0 Å². The van der Waals surface area contributed by atoms with Gasteiger partial charge in [0.1, 0.15) is 6.04 Å². The Morgan fingerprint density at radius 2 is 2.00 bits per heavy atom. The minimum Gasteiger partial charge on any atom is -0.465 e. The number of carbonyl (C=O) groups excluding carboxylic acids is 2. The van der Waals surface area contributed by atoms with Gasteiger partial charge in [0.15, 0.2) is 5.16 Å². The Hall–Kier alpha value is -3.04. The Kier molecular flexibility index (Phi) is 6.96. The summed E-state index contributed by atoms with van der Waals surface area (Å²) < 4.78 is 6.26. The first kappa shape index (κ1) is 21.7. The third kappa shape index (κ3) is 4.92. The molecule has 0 aliphatic heterocycles. The topological polar surface area (TPSA) is 112 Å². The van der Waals surface area contributed by atoms with Crippen LogP contribution in [0.5, 0.6) is 0 Å². The molecular formula is C20H20ClN5O3S. The van der Waals surface area contributed by atoms with Crippen LogP contribution in [0.25, 0.3) is 0 Å². The van der Waals surface area contributed by atoms with E-state index in [1.54, 1.807) is 35.8 Å². The lowest BCUT2D eigenvalue weighted by Crippen LogP contribution is -2.25. The van der Waals surface area contributed by atoms with Crippen molar-refractivity contribution in [3.63, 3.8) is 0 Å². The van der Waals surface area contributed by atoms with E-state index in [0.717, 1.165) is 5.56 Å². The second-order valence-electron chi connectivity index (χ2n) is 6.33. The number of esters is 1. The van der Waals surface area contributed by atoms with Crippen LogP contribution in [0.15, 0.2) is 53.7 Å². The van der Waals surface area contributed by atoms with Gasteiger partial charge in [-0.25, -0.2) is 4.79 Å². The van der Waals surface area contributed by atoms with Gasteiger partial charge in [-0.3, -0.25) is 9.36 Å². The maximum absolute atomic E-state index is 12.8. The molecule has 3 aromatic rings. The largest absolute Gasteiger partial charge is 0.465 e. The maximum atomic E-state index is 12.8. The maximum Gasteiger partial charge on any atom is 0.337 e. The van der Waals surface area contributed by atoms with Crippen molar-refractivity contribution in [3.8, 4) is 0 Å². The van der Waals surface area contributed by atoms with Gasteiger partial charge >= 0.3 is 5.97 Å². The van der Waals surface area contributed by atoms with Crippen LogP contribution in [-0.2, 0) is 15.3 Å². The standard InChI is InChI=1S/C20H20ClN5O3S/c1-12(17(27)23-15-8-5-7-13(10-15)18(28)29-2)26-19(22)24-25-20(26)30-11-14-6-3-4-9-16(14)21/h3-10,12H,11H2,1-2H3,(H2,22,24)(H,23,27). The number of nitrogens with zero attached hydrogens (tertiary/aromatic N) is 3. The van der Waals surface area contributed by atoms with Gasteiger partial charge in [-0.15, -0.1) is 10.2 Å². The summed E-state index contributed by atoms with van der Waals surface area (Å²) in [7, 11) is 1.30. The Bertz CT molecular complexity index is 1070. The number of thioether (sulfide) groups is 1. The number of hydrogen-bond acceptors (Lipinski definition) is 7. The van der Waals surface area contributed by atoms with Crippen LogP contribution in [-0.4, -0.2) is 33.8 Å². The third-order valence-electron chi connectivity index (χ3n) is 4.32. The average Bonchev–Trinajstić information content (AvgIpc) is 3.12. The van der Waals surface area contributed by atoms with Gasteiger partial charge in [-0.1, -0.05) is 47.6 Å². The molecule has 1 atom stereocenters. The summed E-state index contributed by atoms with van der Waals surface area (Å²) in [5, 5.41) is 11.9. The molecule has 30 heavy (non-hydrogen) atoms. The van der Waals surface area contributed by atoms with E-state index in [1.165, 1.54) is 18.9 Å². The number of amides is 1. The molecule has 0 fully saturated rings. The van der Waals surface area contributed by atoms with Crippen LogP contribution in [0, 0.1) is 0 Å². The van der Waals surface area contributed by atoms with E-state index >= 15 is 0 Å². The summed E-state index contributed by atoms with van der Waals surface area (Å²) in [5.74, 6) is -0.140. The first-order valence-corrected chi connectivity index (χ1v) is 10.3. The number of benzene rings is 2. The van der Waals surface area contributed by atoms with Crippen LogP contribution < -0.4 is 11.1 Å². The summed E-state index contributed by atoms with van der Waals surface area (Å²) >= 11 is 7.59. The van der Waals surface area contributed by atoms with Crippen LogP contribution in [0.2, 0.25) is 5.02 Å². The van der Waals surface area contributed by atoms with Gasteiger partial charge in [0, 0.05) is 16.5 Å². The molecule has 0 saturated heterocycles. The van der Waals surface area contributed by atoms with Crippen LogP contribution in [0.3, 0.4) is 0 Å². The number of halogens is 1. The van der Waals surface area contributed by atoms with E-state index in [0.29, 0.717) is 27.2 Å². The minimum atomic E-state index is -0.685. The zero-order chi connectivity index (χ0) is 21.7. The predicted octanol–water partition coefficient (Wildman–Crippen LogP) is 3.79. The number of aromatic nitrogens is 3. The molecule has 0 aliphatic rings. The van der Waals surface area contributed by atoms with Crippen molar-refractivity contribution in [1.82, 2.24) is 14.8 Å². The smallest absolute Gasteiger partial charge is 0.337 e. The first-order valence-electron chi connectivity index (χ1n) is 8.96. The molecule has 1 heterocycles. The lowest BCUT2D eigenvalue weighted by molar-refractivity contribution is -0.118. The number of nitrogens with one attached hydrogen (secondary N) is 1. The molecule has 1 aromatic heterocycles. The summed E-state index contributed by atoms with van der Waals surface area (Å²) in [5.41, 5.74) is 7.70. The molecule has 3 N–H and O–H groups in total. The number of carbonyl (C=O) groups is 2. The Labute approximate surface area is 182 Å². The van der Waals surface area contributed by atoms with Crippen molar-refractivity contribution in [2.45, 2.75) is 23.9 Å². The van der Waals surface area contributed by atoms with E-state index in [4.69, 9.17) is 22.1 Å². The lowest BCUT2D eigenvalue weighted by Gasteiger charge is -2.17. The number of nitrogen functional groups attached to an aromatic ring is 1. The molecule has 0 saturated carbocycles. The van der Waals surface area contributed by atoms with Crippen molar-refractivity contribution in [3.05, 3.63) is 64.7 Å². The highest BCUT2D eigenvalue weighted by Gasteiger charge is 2.23. The molecule has 10 heteroatoms. The Morgan fingerprint density at radius 1 is 1.23 bits per heavy atom. The van der Waals surface area contributed by atoms with Crippen LogP contribution in [0.4, 0.5) is 11.6 Å². The number of hydrogen-bond donors (Lipinski definition) is 2. The molecule has 0 bridgehead atoms. The monoisotopic (exact) mass is 445 g/mol. The fraction of sp³-hybridized carbons (Fsp3) is 0.200. The highest BCUT2D eigenvalue weighted by Crippen LogP contribution is 2.29.